The van der Waals surface area contributed by atoms with Crippen LogP contribution < -0.4 is 55.7 Å². The second-order valence-corrected chi connectivity index (χ2v) is 14.6. The fourth-order valence-corrected chi connectivity index (χ4v) is 6.41. The van der Waals surface area contributed by atoms with Crippen molar-refractivity contribution in [2.45, 2.75) is 9.79 Å². The van der Waals surface area contributed by atoms with E-state index >= 15 is 0 Å². The standard InChI is InChI=1S/C29H21N9O10S2.C6H15NO3.Na/c1-48-23-12-19(37-36-18-7-4-16-10-20(49(42,43)44)13-24(21(16)11-18)50(45,46)47)8-9-22(23)32-26(39)15-2-5-17(6-3-15)35-38-25-27(40)33-29(31-14-30)34-28(25)41;8-4-1-7(2-5-9)3-6-10;/h2-13,35H,1H3,(H,32,39)(H,42,43,44)(H,45,46,47)(H2,31,33,34,40,41);8-10H,1-6H2;/q;;+1/p-2. The number of nitrogens with one attached hydrogen (secondary N) is 4. The van der Waals surface area contributed by atoms with Crippen LogP contribution in [0.5, 0.6) is 5.75 Å². The van der Waals surface area contributed by atoms with Gasteiger partial charge in [-0.3, -0.25) is 35.3 Å². The van der Waals surface area contributed by atoms with E-state index in [1.807, 2.05) is 5.32 Å². The van der Waals surface area contributed by atoms with Gasteiger partial charge in [-0.05, 0) is 66.0 Å². The van der Waals surface area contributed by atoms with Gasteiger partial charge in [0.25, 0.3) is 11.8 Å². The molecule has 0 spiro atoms. The van der Waals surface area contributed by atoms with Crippen LogP contribution in [0.15, 0.2) is 103 Å². The second kappa shape index (κ2) is 22.7. The SMILES string of the molecule is COc1cc(N=Nc2ccc3cc(S(=O)(=O)[O-])cc(S(=O)(=O)[O-])c3c2)ccc1NC(=O)c1ccc(N/N=C2/C(=O)N=C(NC#N)NC2=O)cc1.OCCN(CCO)CCO.[Na+]. The maximum Gasteiger partial charge on any atom is 1.00 e. The number of hydrogen-bond acceptors (Lipinski definition) is 20. The van der Waals surface area contributed by atoms with Crippen LogP contribution >= 0.6 is 0 Å². The van der Waals surface area contributed by atoms with E-state index in [0.717, 1.165) is 6.07 Å². The van der Waals surface area contributed by atoms with Gasteiger partial charge in [-0.15, -0.1) is 0 Å². The van der Waals surface area contributed by atoms with Gasteiger partial charge in [-0.25, -0.2) is 16.8 Å². The van der Waals surface area contributed by atoms with E-state index in [0.29, 0.717) is 31.4 Å². The van der Waals surface area contributed by atoms with Gasteiger partial charge in [-0.2, -0.15) is 25.6 Å². The van der Waals surface area contributed by atoms with Gasteiger partial charge in [0.1, 0.15) is 26.0 Å². The van der Waals surface area contributed by atoms with Crippen LogP contribution in [0.1, 0.15) is 10.4 Å². The summed E-state index contributed by atoms with van der Waals surface area (Å²) in [6, 6.07) is 15.5. The summed E-state index contributed by atoms with van der Waals surface area (Å²) in [6.07, 6.45) is 1.52. The van der Waals surface area contributed by atoms with Gasteiger partial charge in [0.15, 0.2) is 6.19 Å². The Morgan fingerprint density at radius 3 is 2.03 bits per heavy atom. The molecule has 5 rings (SSSR count). The average Bonchev–Trinajstić information content (AvgIpc) is 3.19. The molecule has 316 valence electrons. The van der Waals surface area contributed by atoms with Crippen LogP contribution in [0.4, 0.5) is 22.7 Å². The molecule has 0 aromatic heterocycles. The van der Waals surface area contributed by atoms with E-state index in [1.165, 1.54) is 74.0 Å². The summed E-state index contributed by atoms with van der Waals surface area (Å²) >= 11 is 0. The number of fused-ring (bicyclic) bond motifs is 1. The van der Waals surface area contributed by atoms with E-state index < -0.39 is 53.5 Å². The Labute approximate surface area is 369 Å². The summed E-state index contributed by atoms with van der Waals surface area (Å²) in [5.41, 5.74) is 3.10. The van der Waals surface area contributed by atoms with Crippen molar-refractivity contribution >= 4 is 83.2 Å². The van der Waals surface area contributed by atoms with E-state index in [-0.39, 0.29) is 94.5 Å². The number of nitriles is 1. The van der Waals surface area contributed by atoms with Gasteiger partial charge < -0.3 is 34.5 Å². The molecular weight excluding hydrogens is 856 g/mol. The number of azo groups is 1. The van der Waals surface area contributed by atoms with Crippen molar-refractivity contribution in [1.82, 2.24) is 15.5 Å². The first-order valence-electron chi connectivity index (χ1n) is 17.0. The van der Waals surface area contributed by atoms with E-state index in [1.54, 1.807) is 4.90 Å². The maximum atomic E-state index is 12.9. The summed E-state index contributed by atoms with van der Waals surface area (Å²) in [5, 5.41) is 52.6. The number of amides is 3. The number of carbonyl (C=O) groups excluding carboxylic acids is 3. The number of guanidine groups is 1. The van der Waals surface area contributed by atoms with Crippen molar-refractivity contribution in [1.29, 1.82) is 5.26 Å². The largest absolute Gasteiger partial charge is 1.00 e. The molecule has 3 amide bonds. The Morgan fingerprint density at radius 2 is 1.49 bits per heavy atom. The molecule has 4 aromatic carbocycles. The third kappa shape index (κ3) is 14.2. The number of methoxy groups -OCH3 is 1. The molecule has 26 heteroatoms. The predicted octanol–water partition coefficient (Wildman–Crippen LogP) is -2.56. The first kappa shape index (κ1) is 49.6. The zero-order valence-corrected chi connectivity index (χ0v) is 35.7. The molecular formula is C35H34N10NaO13S2-. The number of aliphatic hydroxyl groups excluding tert-OH is 3. The predicted molar refractivity (Wildman–Crippen MR) is 210 cm³/mol. The number of nitrogens with zero attached hydrogens (tertiary/aromatic N) is 6. The third-order valence-corrected chi connectivity index (χ3v) is 9.57. The second-order valence-electron chi connectivity index (χ2n) is 11.9. The van der Waals surface area contributed by atoms with Crippen LogP contribution in [-0.2, 0) is 29.8 Å². The summed E-state index contributed by atoms with van der Waals surface area (Å²) < 4.78 is 75.2. The minimum Gasteiger partial charge on any atom is -0.744 e. The Hall–Kier alpha value is -5.76. The van der Waals surface area contributed by atoms with Crippen molar-refractivity contribution < 1.29 is 89.9 Å². The average molecular weight is 890 g/mol. The number of aliphatic hydroxyl groups is 3. The first-order valence-corrected chi connectivity index (χ1v) is 19.8. The number of aliphatic imine (C=N–C) groups is 1. The van der Waals surface area contributed by atoms with Gasteiger partial charge >= 0.3 is 35.5 Å². The smallest absolute Gasteiger partial charge is 0.744 e. The topological polar surface area (TPSA) is 360 Å². The number of ether oxygens (including phenoxy) is 1. The molecule has 0 bridgehead atoms. The van der Waals surface area contributed by atoms with Crippen molar-refractivity contribution in [2.75, 3.05) is 57.3 Å². The molecule has 7 N–H and O–H groups in total. The zero-order chi connectivity index (χ0) is 44.0. The fourth-order valence-electron chi connectivity index (χ4n) is 5.09. The van der Waals surface area contributed by atoms with Gasteiger partial charge in [0, 0.05) is 36.7 Å². The monoisotopic (exact) mass is 889 g/mol. The Balaban J connectivity index is 0.000000801. The van der Waals surface area contributed by atoms with Crippen molar-refractivity contribution in [2.24, 2.45) is 20.3 Å². The number of benzene rings is 4. The van der Waals surface area contributed by atoms with Crippen molar-refractivity contribution in [3.63, 3.8) is 0 Å². The molecule has 0 fully saturated rings. The third-order valence-electron chi connectivity index (χ3n) is 7.88. The molecule has 1 heterocycles. The molecule has 0 saturated heterocycles. The van der Waals surface area contributed by atoms with Crippen LogP contribution in [-0.4, -0.2) is 122 Å². The Bertz CT molecular complexity index is 2610. The molecule has 0 unspecified atom stereocenters. The van der Waals surface area contributed by atoms with Crippen LogP contribution in [0.2, 0.25) is 0 Å². The number of hydrazone groups is 1. The number of anilines is 2. The number of carbonyl (C=O) groups is 3. The quantitative estimate of drug-likeness (QED) is 0.0161. The Morgan fingerprint density at radius 1 is 0.885 bits per heavy atom. The Kier molecular flexibility index (Phi) is 18.5. The van der Waals surface area contributed by atoms with Gasteiger partial charge in [0.2, 0.25) is 11.7 Å². The zero-order valence-electron chi connectivity index (χ0n) is 32.1. The van der Waals surface area contributed by atoms with E-state index in [4.69, 9.17) is 25.3 Å². The molecule has 0 radical (unpaired) electrons. The van der Waals surface area contributed by atoms with Crippen molar-refractivity contribution in [3.05, 3.63) is 78.4 Å². The minimum atomic E-state index is -5.18. The molecule has 61 heavy (non-hydrogen) atoms. The number of hydrogen-bond donors (Lipinski definition) is 7. The molecule has 0 atom stereocenters. The van der Waals surface area contributed by atoms with Gasteiger partial charge in [0.05, 0.1) is 59.5 Å². The summed E-state index contributed by atoms with van der Waals surface area (Å²) in [6.45, 7) is 1.75. The van der Waals surface area contributed by atoms with Crippen LogP contribution in [0.3, 0.4) is 0 Å². The molecule has 1 aliphatic heterocycles. The molecule has 4 aromatic rings. The first-order chi connectivity index (χ1) is 28.5. The normalized spacial score (nSPS) is 13.4. The summed E-state index contributed by atoms with van der Waals surface area (Å²) in [7, 11) is -8.88. The molecule has 0 aliphatic carbocycles. The van der Waals surface area contributed by atoms with E-state index in [2.05, 4.69) is 36.4 Å². The summed E-state index contributed by atoms with van der Waals surface area (Å²) in [4.78, 5) is 40.5. The number of rotatable bonds is 15. The minimum absolute atomic E-state index is 0. The molecule has 1 aliphatic rings. The molecule has 23 nitrogen and oxygen atoms in total. The molecule has 0 saturated carbocycles. The maximum absolute atomic E-state index is 12.9. The van der Waals surface area contributed by atoms with Crippen LogP contribution in [0.25, 0.3) is 10.8 Å². The fraction of sp³-hybridized carbons (Fsp3) is 0.200. The van der Waals surface area contributed by atoms with Crippen molar-refractivity contribution in [3.8, 4) is 11.9 Å². The van der Waals surface area contributed by atoms with Gasteiger partial charge in [-0.1, -0.05) is 6.07 Å². The summed E-state index contributed by atoms with van der Waals surface area (Å²) in [5.74, 6) is -2.52. The van der Waals surface area contributed by atoms with E-state index in [9.17, 15) is 40.3 Å². The van der Waals surface area contributed by atoms with Crippen LogP contribution in [0, 0.1) is 11.5 Å².